The standard InChI is InChI=1S/C18H21NO4/c1-21-16-9-8-14(15(19)11-18(20)22-2)10-17(16)23-12-13-6-4-3-5-7-13/h3-10,15H,11-12,19H2,1-2H3/t15-/m0/s1. The van der Waals surface area contributed by atoms with Crippen molar-refractivity contribution in [3.05, 3.63) is 59.7 Å². The van der Waals surface area contributed by atoms with Crippen LogP contribution in [0.15, 0.2) is 48.5 Å². The molecule has 0 saturated carbocycles. The Morgan fingerprint density at radius 3 is 2.48 bits per heavy atom. The van der Waals surface area contributed by atoms with Gasteiger partial charge in [0, 0.05) is 6.04 Å². The lowest BCUT2D eigenvalue weighted by molar-refractivity contribution is -0.141. The average molecular weight is 315 g/mol. The Labute approximate surface area is 136 Å². The van der Waals surface area contributed by atoms with Crippen LogP contribution in [0.2, 0.25) is 0 Å². The van der Waals surface area contributed by atoms with Crippen LogP contribution in [0.1, 0.15) is 23.6 Å². The molecule has 122 valence electrons. The van der Waals surface area contributed by atoms with Crippen LogP contribution >= 0.6 is 0 Å². The van der Waals surface area contributed by atoms with Crippen molar-refractivity contribution < 1.29 is 19.0 Å². The summed E-state index contributed by atoms with van der Waals surface area (Å²) in [6.45, 7) is 0.424. The maximum Gasteiger partial charge on any atom is 0.307 e. The SMILES string of the molecule is COC(=O)C[C@H](N)c1ccc(OC)c(OCc2ccccc2)c1. The molecule has 0 aliphatic carbocycles. The molecule has 5 heteroatoms. The smallest absolute Gasteiger partial charge is 0.307 e. The Kier molecular flexibility index (Phi) is 6.00. The summed E-state index contributed by atoms with van der Waals surface area (Å²) in [6.07, 6.45) is 0.112. The Bertz CT molecular complexity index is 643. The fraction of sp³-hybridized carbons (Fsp3) is 0.278. The second kappa shape index (κ2) is 8.19. The number of methoxy groups -OCH3 is 2. The summed E-state index contributed by atoms with van der Waals surface area (Å²) in [6, 6.07) is 14.8. The van der Waals surface area contributed by atoms with Crippen LogP contribution in [0.5, 0.6) is 11.5 Å². The molecule has 0 unspecified atom stereocenters. The monoisotopic (exact) mass is 315 g/mol. The molecule has 2 aromatic rings. The van der Waals surface area contributed by atoms with Gasteiger partial charge in [-0.2, -0.15) is 0 Å². The topological polar surface area (TPSA) is 70.8 Å². The van der Waals surface area contributed by atoms with Crippen molar-refractivity contribution in [2.24, 2.45) is 5.73 Å². The Balaban J connectivity index is 2.13. The number of carbonyl (C=O) groups is 1. The molecule has 0 radical (unpaired) electrons. The lowest BCUT2D eigenvalue weighted by atomic mass is 10.0. The molecular weight excluding hydrogens is 294 g/mol. The summed E-state index contributed by atoms with van der Waals surface area (Å²) in [5.41, 5.74) is 7.89. The number of hydrogen-bond donors (Lipinski definition) is 1. The second-order valence-electron chi connectivity index (χ2n) is 5.07. The predicted octanol–water partition coefficient (Wildman–Crippen LogP) is 2.84. The highest BCUT2D eigenvalue weighted by Crippen LogP contribution is 2.31. The van der Waals surface area contributed by atoms with Crippen LogP contribution in [0, 0.1) is 0 Å². The first-order valence-electron chi connectivity index (χ1n) is 7.31. The number of esters is 1. The minimum absolute atomic E-state index is 0.112. The van der Waals surface area contributed by atoms with Crippen molar-refractivity contribution in [1.29, 1.82) is 0 Å². The van der Waals surface area contributed by atoms with E-state index in [0.717, 1.165) is 11.1 Å². The maximum absolute atomic E-state index is 11.4. The quantitative estimate of drug-likeness (QED) is 0.796. The molecule has 2 rings (SSSR count). The maximum atomic E-state index is 11.4. The molecule has 23 heavy (non-hydrogen) atoms. The fourth-order valence-corrected chi connectivity index (χ4v) is 2.15. The third-order valence-electron chi connectivity index (χ3n) is 3.47. The van der Waals surface area contributed by atoms with Crippen molar-refractivity contribution in [3.8, 4) is 11.5 Å². The van der Waals surface area contributed by atoms with Gasteiger partial charge in [-0.05, 0) is 23.3 Å². The first kappa shape index (κ1) is 16.8. The molecule has 1 atom stereocenters. The van der Waals surface area contributed by atoms with E-state index in [1.54, 1.807) is 19.2 Å². The molecule has 2 N–H and O–H groups in total. The van der Waals surface area contributed by atoms with Crippen molar-refractivity contribution in [1.82, 2.24) is 0 Å². The van der Waals surface area contributed by atoms with Gasteiger partial charge >= 0.3 is 5.97 Å². The number of benzene rings is 2. The molecule has 2 aromatic carbocycles. The van der Waals surface area contributed by atoms with E-state index in [9.17, 15) is 4.79 Å². The van der Waals surface area contributed by atoms with Gasteiger partial charge in [0.05, 0.1) is 20.6 Å². The number of nitrogens with two attached hydrogens (primary N) is 1. The fourth-order valence-electron chi connectivity index (χ4n) is 2.15. The summed E-state index contributed by atoms with van der Waals surface area (Å²) >= 11 is 0. The van der Waals surface area contributed by atoms with Gasteiger partial charge in [-0.3, -0.25) is 4.79 Å². The lowest BCUT2D eigenvalue weighted by Crippen LogP contribution is -2.16. The molecule has 0 amide bonds. The minimum Gasteiger partial charge on any atom is -0.493 e. The highest BCUT2D eigenvalue weighted by atomic mass is 16.5. The van der Waals surface area contributed by atoms with Gasteiger partial charge < -0.3 is 19.9 Å². The van der Waals surface area contributed by atoms with Crippen LogP contribution in [-0.2, 0) is 16.1 Å². The first-order valence-corrected chi connectivity index (χ1v) is 7.31. The van der Waals surface area contributed by atoms with Gasteiger partial charge in [0.1, 0.15) is 6.61 Å². The van der Waals surface area contributed by atoms with Gasteiger partial charge in [0.15, 0.2) is 11.5 Å². The second-order valence-corrected chi connectivity index (χ2v) is 5.07. The lowest BCUT2D eigenvalue weighted by Gasteiger charge is -2.15. The van der Waals surface area contributed by atoms with Crippen LogP contribution in [0.25, 0.3) is 0 Å². The van der Waals surface area contributed by atoms with E-state index in [1.807, 2.05) is 36.4 Å². The van der Waals surface area contributed by atoms with Crippen LogP contribution < -0.4 is 15.2 Å². The molecule has 0 spiro atoms. The third-order valence-corrected chi connectivity index (χ3v) is 3.47. The van der Waals surface area contributed by atoms with E-state index in [1.165, 1.54) is 7.11 Å². The molecule has 0 bridgehead atoms. The number of carbonyl (C=O) groups excluding carboxylic acids is 1. The van der Waals surface area contributed by atoms with Gasteiger partial charge in [0.2, 0.25) is 0 Å². The highest BCUT2D eigenvalue weighted by molar-refractivity contribution is 5.70. The van der Waals surface area contributed by atoms with Crippen LogP contribution in [-0.4, -0.2) is 20.2 Å². The molecule has 0 saturated heterocycles. The van der Waals surface area contributed by atoms with Crippen molar-refractivity contribution in [2.75, 3.05) is 14.2 Å². The van der Waals surface area contributed by atoms with Crippen molar-refractivity contribution in [2.45, 2.75) is 19.1 Å². The normalized spacial score (nSPS) is 11.6. The largest absolute Gasteiger partial charge is 0.493 e. The summed E-state index contributed by atoms with van der Waals surface area (Å²) < 4.78 is 15.8. The summed E-state index contributed by atoms with van der Waals surface area (Å²) in [5.74, 6) is 0.865. The van der Waals surface area contributed by atoms with Gasteiger partial charge in [-0.15, -0.1) is 0 Å². The van der Waals surface area contributed by atoms with Gasteiger partial charge in [0.25, 0.3) is 0 Å². The molecule has 0 aromatic heterocycles. The van der Waals surface area contributed by atoms with Crippen LogP contribution in [0.3, 0.4) is 0 Å². The minimum atomic E-state index is -0.451. The zero-order valence-corrected chi connectivity index (χ0v) is 13.3. The Morgan fingerprint density at radius 2 is 1.83 bits per heavy atom. The predicted molar refractivity (Wildman–Crippen MR) is 87.3 cm³/mol. The molecule has 0 aliphatic heterocycles. The van der Waals surface area contributed by atoms with Crippen molar-refractivity contribution in [3.63, 3.8) is 0 Å². The number of ether oxygens (including phenoxy) is 3. The number of hydrogen-bond acceptors (Lipinski definition) is 5. The van der Waals surface area contributed by atoms with E-state index >= 15 is 0 Å². The van der Waals surface area contributed by atoms with E-state index in [0.29, 0.717) is 18.1 Å². The van der Waals surface area contributed by atoms with E-state index in [2.05, 4.69) is 4.74 Å². The third kappa shape index (κ3) is 4.72. The zero-order valence-electron chi connectivity index (χ0n) is 13.3. The summed E-state index contributed by atoms with van der Waals surface area (Å²) in [4.78, 5) is 11.4. The molecule has 0 aliphatic rings. The van der Waals surface area contributed by atoms with Gasteiger partial charge in [-0.25, -0.2) is 0 Å². The first-order chi connectivity index (χ1) is 11.1. The average Bonchev–Trinajstić information content (AvgIpc) is 2.60. The number of rotatable bonds is 7. The molecule has 5 nitrogen and oxygen atoms in total. The highest BCUT2D eigenvalue weighted by Gasteiger charge is 2.15. The Morgan fingerprint density at radius 1 is 1.09 bits per heavy atom. The van der Waals surface area contributed by atoms with Gasteiger partial charge in [-0.1, -0.05) is 36.4 Å². The molecule has 0 fully saturated rings. The van der Waals surface area contributed by atoms with E-state index in [4.69, 9.17) is 15.2 Å². The molecule has 0 heterocycles. The van der Waals surface area contributed by atoms with E-state index in [-0.39, 0.29) is 12.4 Å². The van der Waals surface area contributed by atoms with Crippen LogP contribution in [0.4, 0.5) is 0 Å². The van der Waals surface area contributed by atoms with E-state index < -0.39 is 6.04 Å². The molecular formula is C18H21NO4. The van der Waals surface area contributed by atoms with Crippen molar-refractivity contribution >= 4 is 5.97 Å². The Hall–Kier alpha value is -2.53. The summed E-state index contributed by atoms with van der Waals surface area (Å²) in [7, 11) is 2.93. The zero-order chi connectivity index (χ0) is 16.7. The summed E-state index contributed by atoms with van der Waals surface area (Å²) in [5, 5.41) is 0.